The summed E-state index contributed by atoms with van der Waals surface area (Å²) in [5.41, 5.74) is 3.41. The van der Waals surface area contributed by atoms with Crippen molar-refractivity contribution in [2.45, 2.75) is 19.9 Å². The third kappa shape index (κ3) is 6.76. The number of hydrogen-bond acceptors (Lipinski definition) is 4. The molecular formula is C29H31N5O3. The number of aromatic nitrogens is 2. The van der Waals surface area contributed by atoms with Crippen molar-refractivity contribution in [3.05, 3.63) is 96.6 Å². The number of methoxy groups -OCH3 is 1. The van der Waals surface area contributed by atoms with Gasteiger partial charge in [-0.25, -0.2) is 9.48 Å². The quantitative estimate of drug-likeness (QED) is 0.319. The minimum atomic E-state index is -0.308. The van der Waals surface area contributed by atoms with Gasteiger partial charge in [-0.1, -0.05) is 67.6 Å². The maximum absolute atomic E-state index is 13.1. The van der Waals surface area contributed by atoms with E-state index in [0.29, 0.717) is 18.9 Å². The molecule has 37 heavy (non-hydrogen) atoms. The Bertz CT molecular complexity index is 1300. The number of carbonyl (C=O) groups is 2. The summed E-state index contributed by atoms with van der Waals surface area (Å²) in [7, 11) is 1.61. The second kappa shape index (κ2) is 12.4. The highest BCUT2D eigenvalue weighted by Gasteiger charge is 2.19. The average Bonchev–Trinajstić information content (AvgIpc) is 3.36. The fourth-order valence-corrected chi connectivity index (χ4v) is 3.90. The fourth-order valence-electron chi connectivity index (χ4n) is 3.90. The molecule has 0 aliphatic rings. The molecule has 1 heterocycles. The molecule has 0 aliphatic heterocycles. The van der Waals surface area contributed by atoms with Gasteiger partial charge in [0.25, 0.3) is 0 Å². The third-order valence-corrected chi connectivity index (χ3v) is 5.77. The Kier molecular flexibility index (Phi) is 8.54. The molecule has 0 spiro atoms. The molecule has 8 nitrogen and oxygen atoms in total. The van der Waals surface area contributed by atoms with Gasteiger partial charge in [0.1, 0.15) is 18.1 Å². The van der Waals surface area contributed by atoms with Crippen LogP contribution in [0.25, 0.3) is 16.9 Å². The molecule has 190 valence electrons. The lowest BCUT2D eigenvalue weighted by atomic mass is 10.1. The number of anilines is 1. The first-order valence-corrected chi connectivity index (χ1v) is 12.2. The van der Waals surface area contributed by atoms with Crippen LogP contribution in [0.5, 0.6) is 5.75 Å². The number of carbonyl (C=O) groups excluding carboxylic acids is 2. The number of amides is 3. The maximum atomic E-state index is 13.1. The summed E-state index contributed by atoms with van der Waals surface area (Å²) in [4.78, 5) is 27.5. The van der Waals surface area contributed by atoms with E-state index in [1.54, 1.807) is 11.8 Å². The van der Waals surface area contributed by atoms with E-state index in [1.165, 1.54) is 4.90 Å². The van der Waals surface area contributed by atoms with Crippen LogP contribution in [0.4, 0.5) is 10.6 Å². The standard InChI is InChI=1S/C29H31N5O3/c1-3-18-33(29(36)30-20-22-10-6-4-7-11-22)21-28(35)31-27-19-26(23-12-8-5-9-13-23)32-34(27)24-14-16-25(37-2)17-15-24/h4-17,19H,3,18,20-21H2,1-2H3,(H,30,36)(H,31,35). The molecule has 0 saturated heterocycles. The molecule has 1 aromatic heterocycles. The summed E-state index contributed by atoms with van der Waals surface area (Å²) in [6.45, 7) is 2.75. The van der Waals surface area contributed by atoms with Gasteiger partial charge in [-0.2, -0.15) is 5.10 Å². The Labute approximate surface area is 216 Å². The first-order valence-electron chi connectivity index (χ1n) is 12.2. The number of nitrogens with zero attached hydrogens (tertiary/aromatic N) is 3. The predicted molar refractivity (Wildman–Crippen MR) is 145 cm³/mol. The number of hydrogen-bond donors (Lipinski definition) is 2. The molecule has 2 N–H and O–H groups in total. The van der Waals surface area contributed by atoms with E-state index in [1.807, 2.05) is 97.9 Å². The summed E-state index contributed by atoms with van der Waals surface area (Å²) in [6, 6.07) is 28.4. The molecule has 4 aromatic rings. The van der Waals surface area contributed by atoms with Crippen molar-refractivity contribution in [2.75, 3.05) is 25.5 Å². The second-order valence-electron chi connectivity index (χ2n) is 8.50. The van der Waals surface area contributed by atoms with Crippen molar-refractivity contribution >= 4 is 17.8 Å². The number of benzene rings is 3. The molecule has 3 amide bonds. The minimum absolute atomic E-state index is 0.0804. The first-order chi connectivity index (χ1) is 18.1. The number of urea groups is 1. The molecule has 0 atom stereocenters. The molecule has 0 unspecified atom stereocenters. The van der Waals surface area contributed by atoms with Gasteiger partial charge < -0.3 is 20.3 Å². The molecule has 8 heteroatoms. The molecule has 0 bridgehead atoms. The molecule has 3 aromatic carbocycles. The van der Waals surface area contributed by atoms with E-state index in [0.717, 1.165) is 34.7 Å². The zero-order valence-corrected chi connectivity index (χ0v) is 21.1. The topological polar surface area (TPSA) is 88.5 Å². The van der Waals surface area contributed by atoms with Crippen LogP contribution in [0.2, 0.25) is 0 Å². The molecule has 0 fully saturated rings. The van der Waals surface area contributed by atoms with Crippen molar-refractivity contribution in [3.63, 3.8) is 0 Å². The van der Waals surface area contributed by atoms with E-state index < -0.39 is 0 Å². The zero-order chi connectivity index (χ0) is 26.0. The normalized spacial score (nSPS) is 10.5. The fraction of sp³-hybridized carbons (Fsp3) is 0.207. The van der Waals surface area contributed by atoms with E-state index in [9.17, 15) is 9.59 Å². The molecule has 0 radical (unpaired) electrons. The Morgan fingerprint density at radius 3 is 2.27 bits per heavy atom. The number of nitrogens with one attached hydrogen (secondary N) is 2. The SMILES string of the molecule is CCCN(CC(=O)Nc1cc(-c2ccccc2)nn1-c1ccc(OC)cc1)C(=O)NCc1ccccc1. The lowest BCUT2D eigenvalue weighted by Gasteiger charge is -2.22. The van der Waals surface area contributed by atoms with Crippen molar-refractivity contribution < 1.29 is 14.3 Å². The lowest BCUT2D eigenvalue weighted by molar-refractivity contribution is -0.116. The highest BCUT2D eigenvalue weighted by atomic mass is 16.5. The van der Waals surface area contributed by atoms with Gasteiger partial charge in [0.15, 0.2) is 0 Å². The minimum Gasteiger partial charge on any atom is -0.497 e. The van der Waals surface area contributed by atoms with Crippen LogP contribution < -0.4 is 15.4 Å². The summed E-state index contributed by atoms with van der Waals surface area (Å²) in [5, 5.41) is 10.6. The Balaban J connectivity index is 1.51. The maximum Gasteiger partial charge on any atom is 0.318 e. The summed E-state index contributed by atoms with van der Waals surface area (Å²) < 4.78 is 6.95. The van der Waals surface area contributed by atoms with Crippen molar-refractivity contribution in [2.24, 2.45) is 0 Å². The van der Waals surface area contributed by atoms with E-state index >= 15 is 0 Å². The van der Waals surface area contributed by atoms with Crippen molar-refractivity contribution in [3.8, 4) is 22.7 Å². The van der Waals surface area contributed by atoms with Gasteiger partial charge in [-0.15, -0.1) is 0 Å². The van der Waals surface area contributed by atoms with Crippen LogP contribution in [-0.2, 0) is 11.3 Å². The third-order valence-electron chi connectivity index (χ3n) is 5.77. The molecule has 0 aliphatic carbocycles. The Hall–Kier alpha value is -4.59. The lowest BCUT2D eigenvalue weighted by Crippen LogP contribution is -2.44. The molecule has 4 rings (SSSR count). The summed E-state index contributed by atoms with van der Waals surface area (Å²) in [5.74, 6) is 0.925. The number of ether oxygens (including phenoxy) is 1. The Morgan fingerprint density at radius 2 is 1.62 bits per heavy atom. The van der Waals surface area contributed by atoms with Crippen LogP contribution in [0, 0.1) is 0 Å². The van der Waals surface area contributed by atoms with Gasteiger partial charge in [0.05, 0.1) is 18.5 Å². The van der Waals surface area contributed by atoms with Gasteiger partial charge in [-0.3, -0.25) is 4.79 Å². The summed E-state index contributed by atoms with van der Waals surface area (Å²) >= 11 is 0. The van der Waals surface area contributed by atoms with Crippen LogP contribution in [0.1, 0.15) is 18.9 Å². The summed E-state index contributed by atoms with van der Waals surface area (Å²) in [6.07, 6.45) is 0.730. The highest BCUT2D eigenvalue weighted by molar-refractivity contribution is 5.94. The van der Waals surface area contributed by atoms with Gasteiger partial charge in [-0.05, 0) is 36.2 Å². The predicted octanol–water partition coefficient (Wildman–Crippen LogP) is 5.11. The second-order valence-corrected chi connectivity index (χ2v) is 8.50. The van der Waals surface area contributed by atoms with E-state index in [2.05, 4.69) is 10.6 Å². The van der Waals surface area contributed by atoms with Crippen LogP contribution in [-0.4, -0.2) is 46.8 Å². The van der Waals surface area contributed by atoms with Gasteiger partial charge >= 0.3 is 6.03 Å². The number of rotatable bonds is 10. The zero-order valence-electron chi connectivity index (χ0n) is 21.1. The van der Waals surface area contributed by atoms with Crippen LogP contribution in [0.3, 0.4) is 0 Å². The van der Waals surface area contributed by atoms with Gasteiger partial charge in [0.2, 0.25) is 5.91 Å². The van der Waals surface area contributed by atoms with Gasteiger partial charge in [0, 0.05) is 24.7 Å². The average molecular weight is 498 g/mol. The van der Waals surface area contributed by atoms with Crippen molar-refractivity contribution in [1.29, 1.82) is 0 Å². The van der Waals surface area contributed by atoms with Crippen molar-refractivity contribution in [1.82, 2.24) is 20.0 Å². The van der Waals surface area contributed by atoms with E-state index in [4.69, 9.17) is 9.84 Å². The monoisotopic (exact) mass is 497 g/mol. The van der Waals surface area contributed by atoms with E-state index in [-0.39, 0.29) is 18.5 Å². The highest BCUT2D eigenvalue weighted by Crippen LogP contribution is 2.25. The smallest absolute Gasteiger partial charge is 0.318 e. The Morgan fingerprint density at radius 1 is 0.946 bits per heavy atom. The largest absolute Gasteiger partial charge is 0.497 e. The van der Waals surface area contributed by atoms with Crippen LogP contribution >= 0.6 is 0 Å². The molecular weight excluding hydrogens is 466 g/mol. The molecule has 0 saturated carbocycles. The van der Waals surface area contributed by atoms with Crippen LogP contribution in [0.15, 0.2) is 91.0 Å². The first kappa shape index (κ1) is 25.5.